The number of nitrogens with one attached hydrogen (secondary N) is 1. The number of nitrogens with zero attached hydrogens (tertiary/aromatic N) is 4. The standard InChI is InChI=1S/C16H15N5O3S/c1-9-10(2)25-15(13(9)16(23)24-3)18-14(22)11-5-4-6-12(7-11)21-8-17-19-20-21/h4-8H,1-3H3,(H,18,22). The van der Waals surface area contributed by atoms with Gasteiger partial charge in [0.15, 0.2) is 0 Å². The Bertz CT molecular complexity index is 933. The van der Waals surface area contributed by atoms with E-state index >= 15 is 0 Å². The Kier molecular flexibility index (Phi) is 4.57. The van der Waals surface area contributed by atoms with Crippen molar-refractivity contribution in [2.45, 2.75) is 13.8 Å². The van der Waals surface area contributed by atoms with Crippen LogP contribution in [0.5, 0.6) is 0 Å². The molecule has 9 heteroatoms. The lowest BCUT2D eigenvalue weighted by atomic mass is 10.1. The Morgan fingerprint density at radius 3 is 2.76 bits per heavy atom. The number of amides is 1. The molecule has 0 radical (unpaired) electrons. The van der Waals surface area contributed by atoms with E-state index in [9.17, 15) is 9.59 Å². The molecule has 0 atom stereocenters. The summed E-state index contributed by atoms with van der Waals surface area (Å²) >= 11 is 1.34. The highest BCUT2D eigenvalue weighted by Gasteiger charge is 2.22. The Morgan fingerprint density at radius 2 is 2.08 bits per heavy atom. The molecule has 128 valence electrons. The van der Waals surface area contributed by atoms with Crippen molar-refractivity contribution in [2.75, 3.05) is 12.4 Å². The molecule has 0 bridgehead atoms. The predicted octanol–water partition coefficient (Wildman–Crippen LogP) is 2.38. The van der Waals surface area contributed by atoms with Crippen molar-refractivity contribution < 1.29 is 14.3 Å². The van der Waals surface area contributed by atoms with E-state index in [4.69, 9.17) is 4.74 Å². The lowest BCUT2D eigenvalue weighted by Gasteiger charge is -2.07. The van der Waals surface area contributed by atoms with Crippen molar-refractivity contribution in [3.8, 4) is 5.69 Å². The number of hydrogen-bond donors (Lipinski definition) is 1. The number of benzene rings is 1. The van der Waals surface area contributed by atoms with Crippen molar-refractivity contribution in [3.63, 3.8) is 0 Å². The number of carbonyl (C=O) groups is 2. The SMILES string of the molecule is COC(=O)c1c(NC(=O)c2cccc(-n3cnnn3)c2)sc(C)c1C. The molecule has 2 heterocycles. The van der Waals surface area contributed by atoms with Crippen molar-refractivity contribution in [2.24, 2.45) is 0 Å². The van der Waals surface area contributed by atoms with Crippen molar-refractivity contribution in [1.29, 1.82) is 0 Å². The molecule has 0 saturated carbocycles. The van der Waals surface area contributed by atoms with Gasteiger partial charge in [0.1, 0.15) is 11.3 Å². The summed E-state index contributed by atoms with van der Waals surface area (Å²) in [4.78, 5) is 25.5. The first kappa shape index (κ1) is 16.8. The number of methoxy groups -OCH3 is 1. The molecular formula is C16H15N5O3S. The van der Waals surface area contributed by atoms with Crippen LogP contribution >= 0.6 is 11.3 Å². The first-order valence-corrected chi connectivity index (χ1v) is 8.16. The second-order valence-electron chi connectivity index (χ2n) is 5.24. The molecule has 1 aromatic carbocycles. The average Bonchev–Trinajstić information content (AvgIpc) is 3.24. The van der Waals surface area contributed by atoms with Gasteiger partial charge in [-0.3, -0.25) is 4.79 Å². The van der Waals surface area contributed by atoms with Gasteiger partial charge >= 0.3 is 5.97 Å². The maximum atomic E-state index is 12.6. The quantitative estimate of drug-likeness (QED) is 0.720. The first-order valence-electron chi connectivity index (χ1n) is 7.34. The van der Waals surface area contributed by atoms with Crippen LogP contribution in [-0.2, 0) is 4.74 Å². The molecule has 8 nitrogen and oxygen atoms in total. The summed E-state index contributed by atoms with van der Waals surface area (Å²) in [6.45, 7) is 3.71. The van der Waals surface area contributed by atoms with Crippen molar-refractivity contribution in [3.05, 3.63) is 52.2 Å². The van der Waals surface area contributed by atoms with Crippen LogP contribution in [0.15, 0.2) is 30.6 Å². The largest absolute Gasteiger partial charge is 0.465 e. The zero-order chi connectivity index (χ0) is 18.0. The third kappa shape index (κ3) is 3.26. The summed E-state index contributed by atoms with van der Waals surface area (Å²) in [6, 6.07) is 6.86. The summed E-state index contributed by atoms with van der Waals surface area (Å²) < 4.78 is 6.27. The molecule has 0 spiro atoms. The molecule has 3 rings (SSSR count). The van der Waals surface area contributed by atoms with Gasteiger partial charge in [-0.15, -0.1) is 16.4 Å². The lowest BCUT2D eigenvalue weighted by Crippen LogP contribution is -2.14. The monoisotopic (exact) mass is 357 g/mol. The number of hydrogen-bond acceptors (Lipinski definition) is 7. The minimum absolute atomic E-state index is 0.332. The van der Waals surface area contributed by atoms with Crippen LogP contribution in [0, 0.1) is 13.8 Å². The predicted molar refractivity (Wildman–Crippen MR) is 92.2 cm³/mol. The van der Waals surface area contributed by atoms with Gasteiger partial charge in [-0.25, -0.2) is 9.48 Å². The molecule has 0 aliphatic heterocycles. The number of thiophene rings is 1. The Morgan fingerprint density at radius 1 is 1.28 bits per heavy atom. The Labute approximate surface area is 147 Å². The van der Waals surface area contributed by atoms with Crippen LogP contribution in [0.4, 0.5) is 5.00 Å². The van der Waals surface area contributed by atoms with E-state index in [2.05, 4.69) is 20.8 Å². The number of aromatic nitrogens is 4. The zero-order valence-electron chi connectivity index (χ0n) is 13.8. The summed E-state index contributed by atoms with van der Waals surface area (Å²) in [5.41, 5.74) is 2.27. The molecule has 0 saturated heterocycles. The van der Waals surface area contributed by atoms with Gasteiger partial charge in [0.2, 0.25) is 0 Å². The van der Waals surface area contributed by atoms with E-state index in [0.29, 0.717) is 21.8 Å². The number of carbonyl (C=O) groups excluding carboxylic acids is 2. The highest BCUT2D eigenvalue weighted by Crippen LogP contribution is 2.33. The lowest BCUT2D eigenvalue weighted by molar-refractivity contribution is 0.0601. The second-order valence-corrected chi connectivity index (χ2v) is 6.46. The van der Waals surface area contributed by atoms with Gasteiger partial charge in [-0.2, -0.15) is 0 Å². The van der Waals surface area contributed by atoms with Crippen LogP contribution < -0.4 is 5.32 Å². The number of ether oxygens (including phenoxy) is 1. The van der Waals surface area contributed by atoms with E-state index in [1.807, 2.05) is 13.8 Å². The summed E-state index contributed by atoms with van der Waals surface area (Å²) in [5, 5.41) is 14.2. The fourth-order valence-corrected chi connectivity index (χ4v) is 3.35. The summed E-state index contributed by atoms with van der Waals surface area (Å²) in [7, 11) is 1.32. The second kappa shape index (κ2) is 6.81. The van der Waals surface area contributed by atoms with Gasteiger partial charge < -0.3 is 10.1 Å². The molecule has 3 aromatic rings. The zero-order valence-corrected chi connectivity index (χ0v) is 14.6. The normalized spacial score (nSPS) is 10.5. The van der Waals surface area contributed by atoms with Crippen LogP contribution in [0.25, 0.3) is 5.69 Å². The molecule has 1 N–H and O–H groups in total. The molecule has 0 aliphatic rings. The van der Waals surface area contributed by atoms with Gasteiger partial charge in [0.05, 0.1) is 18.4 Å². The minimum atomic E-state index is -0.473. The first-order chi connectivity index (χ1) is 12.0. The van der Waals surface area contributed by atoms with E-state index in [1.165, 1.54) is 29.5 Å². The molecule has 25 heavy (non-hydrogen) atoms. The highest BCUT2D eigenvalue weighted by atomic mass is 32.1. The van der Waals surface area contributed by atoms with Gasteiger partial charge in [0, 0.05) is 10.4 Å². The molecule has 0 aliphatic carbocycles. The van der Waals surface area contributed by atoms with Crippen molar-refractivity contribution >= 4 is 28.2 Å². The molecular weight excluding hydrogens is 342 g/mol. The number of tetrazole rings is 1. The van der Waals surface area contributed by atoms with Crippen LogP contribution in [-0.4, -0.2) is 39.2 Å². The van der Waals surface area contributed by atoms with Gasteiger partial charge in [-0.05, 0) is 48.0 Å². The molecule has 1 amide bonds. The fraction of sp³-hybridized carbons (Fsp3) is 0.188. The van der Waals surface area contributed by atoms with Gasteiger partial charge in [-0.1, -0.05) is 6.07 Å². The highest BCUT2D eigenvalue weighted by molar-refractivity contribution is 7.16. The summed E-state index contributed by atoms with van der Waals surface area (Å²) in [6.07, 6.45) is 1.44. The van der Waals surface area contributed by atoms with E-state index < -0.39 is 5.97 Å². The van der Waals surface area contributed by atoms with E-state index in [-0.39, 0.29) is 5.91 Å². The maximum Gasteiger partial charge on any atom is 0.341 e. The fourth-order valence-electron chi connectivity index (χ4n) is 2.31. The number of esters is 1. The number of rotatable bonds is 4. The molecule has 2 aromatic heterocycles. The van der Waals surface area contributed by atoms with Crippen LogP contribution in [0.1, 0.15) is 31.2 Å². The molecule has 0 unspecified atom stereocenters. The average molecular weight is 357 g/mol. The van der Waals surface area contributed by atoms with Crippen LogP contribution in [0.3, 0.4) is 0 Å². The topological polar surface area (TPSA) is 99.0 Å². The van der Waals surface area contributed by atoms with E-state index in [0.717, 1.165) is 10.4 Å². The minimum Gasteiger partial charge on any atom is -0.465 e. The smallest absolute Gasteiger partial charge is 0.341 e. The Balaban J connectivity index is 1.90. The van der Waals surface area contributed by atoms with E-state index in [1.54, 1.807) is 24.3 Å². The van der Waals surface area contributed by atoms with Crippen molar-refractivity contribution in [1.82, 2.24) is 20.2 Å². The maximum absolute atomic E-state index is 12.6. The van der Waals surface area contributed by atoms with Gasteiger partial charge in [0.25, 0.3) is 5.91 Å². The number of anilines is 1. The number of aryl methyl sites for hydroxylation is 1. The Hall–Kier alpha value is -3.07. The molecule has 0 fully saturated rings. The summed E-state index contributed by atoms with van der Waals surface area (Å²) in [5.74, 6) is -0.805. The van der Waals surface area contributed by atoms with Crippen LogP contribution in [0.2, 0.25) is 0 Å². The third-order valence-electron chi connectivity index (χ3n) is 3.72. The third-order valence-corrected chi connectivity index (χ3v) is 4.85.